The molecule has 2 aromatic carbocycles. The quantitative estimate of drug-likeness (QED) is 0.409. The van der Waals surface area contributed by atoms with E-state index in [-0.39, 0.29) is 44.1 Å². The number of esters is 1. The predicted molar refractivity (Wildman–Crippen MR) is 126 cm³/mol. The van der Waals surface area contributed by atoms with Crippen molar-refractivity contribution in [2.24, 2.45) is 0 Å². The topological polar surface area (TPSA) is 103 Å². The maximum absolute atomic E-state index is 13.4. The zero-order chi connectivity index (χ0) is 24.5. The van der Waals surface area contributed by atoms with Crippen LogP contribution in [0, 0.1) is 0 Å². The minimum absolute atomic E-state index is 0.105. The molecule has 1 N–H and O–H groups in total. The molecule has 0 aromatic heterocycles. The first-order valence-corrected chi connectivity index (χ1v) is 11.9. The average molecular weight is 483 g/mol. The molecule has 9 nitrogen and oxygen atoms in total. The maximum Gasteiger partial charge on any atom is 0.308 e. The molecule has 0 bridgehead atoms. The molecule has 4 rings (SSSR count). The van der Waals surface area contributed by atoms with Gasteiger partial charge >= 0.3 is 5.97 Å². The van der Waals surface area contributed by atoms with Crippen molar-refractivity contribution in [1.29, 1.82) is 0 Å². The zero-order valence-corrected chi connectivity index (χ0v) is 19.5. The largest absolute Gasteiger partial charge is 0.490 e. The van der Waals surface area contributed by atoms with Crippen molar-refractivity contribution >= 4 is 17.8 Å². The van der Waals surface area contributed by atoms with Crippen LogP contribution in [0.1, 0.15) is 29.6 Å². The van der Waals surface area contributed by atoms with Crippen LogP contribution in [-0.4, -0.2) is 74.3 Å². The fraction of sp³-hybridized carbons (Fsp3) is 0.423. The molecule has 2 aliphatic heterocycles. The molecule has 2 heterocycles. The molecule has 2 aromatic rings. The molecule has 2 fully saturated rings. The summed E-state index contributed by atoms with van der Waals surface area (Å²) in [5.74, 6) is -0.179. The summed E-state index contributed by atoms with van der Waals surface area (Å²) in [7, 11) is 0. The van der Waals surface area contributed by atoms with Crippen molar-refractivity contribution in [3.8, 4) is 11.5 Å². The van der Waals surface area contributed by atoms with Gasteiger partial charge in [0.2, 0.25) is 5.91 Å². The summed E-state index contributed by atoms with van der Waals surface area (Å²) in [6.07, 6.45) is 1.45. The summed E-state index contributed by atoms with van der Waals surface area (Å²) in [5, 5.41) is 2.73. The third kappa shape index (κ3) is 6.73. The van der Waals surface area contributed by atoms with Gasteiger partial charge in [0.05, 0.1) is 18.1 Å². The number of hydrogen-bond donors (Lipinski definition) is 1. The van der Waals surface area contributed by atoms with Gasteiger partial charge in [0.25, 0.3) is 5.91 Å². The maximum atomic E-state index is 13.4. The minimum Gasteiger partial charge on any atom is -0.490 e. The van der Waals surface area contributed by atoms with Crippen LogP contribution in [-0.2, 0) is 19.1 Å². The molecule has 35 heavy (non-hydrogen) atoms. The van der Waals surface area contributed by atoms with Crippen molar-refractivity contribution in [2.75, 3.05) is 39.5 Å². The summed E-state index contributed by atoms with van der Waals surface area (Å²) >= 11 is 0. The Balaban J connectivity index is 1.36. The Hall–Kier alpha value is -3.59. The molecular formula is C26H30N2O7. The summed E-state index contributed by atoms with van der Waals surface area (Å²) < 4.78 is 22.3. The lowest BCUT2D eigenvalue weighted by atomic mass is 10.1. The Morgan fingerprint density at radius 3 is 2.60 bits per heavy atom. The highest BCUT2D eigenvalue weighted by molar-refractivity contribution is 6.01. The van der Waals surface area contributed by atoms with Crippen LogP contribution in [0.3, 0.4) is 0 Å². The lowest BCUT2D eigenvalue weighted by Gasteiger charge is -2.35. The van der Waals surface area contributed by atoms with Crippen molar-refractivity contribution in [3.05, 3.63) is 60.2 Å². The van der Waals surface area contributed by atoms with Crippen LogP contribution in [0.5, 0.6) is 11.5 Å². The first-order valence-electron chi connectivity index (χ1n) is 11.9. The molecule has 9 heteroatoms. The fourth-order valence-corrected chi connectivity index (χ4v) is 4.09. The van der Waals surface area contributed by atoms with Gasteiger partial charge in [0, 0.05) is 19.7 Å². The second-order valence-electron chi connectivity index (χ2n) is 8.33. The van der Waals surface area contributed by atoms with E-state index in [4.69, 9.17) is 18.9 Å². The van der Waals surface area contributed by atoms with Crippen molar-refractivity contribution in [3.63, 3.8) is 0 Å². The lowest BCUT2D eigenvalue weighted by Crippen LogP contribution is -2.58. The van der Waals surface area contributed by atoms with E-state index in [1.807, 2.05) is 30.3 Å². The first kappa shape index (κ1) is 24.5. The number of carbonyl (C=O) groups excluding carboxylic acids is 3. The molecule has 0 aliphatic carbocycles. The van der Waals surface area contributed by atoms with Gasteiger partial charge in [-0.2, -0.15) is 0 Å². The third-order valence-electron chi connectivity index (χ3n) is 5.88. The van der Waals surface area contributed by atoms with Gasteiger partial charge < -0.3 is 29.2 Å². The van der Waals surface area contributed by atoms with Gasteiger partial charge in [0.15, 0.2) is 0 Å². The van der Waals surface area contributed by atoms with Crippen molar-refractivity contribution < 1.29 is 33.3 Å². The van der Waals surface area contributed by atoms with Gasteiger partial charge in [-0.05, 0) is 37.1 Å². The van der Waals surface area contributed by atoms with E-state index in [9.17, 15) is 14.4 Å². The molecule has 2 saturated heterocycles. The third-order valence-corrected chi connectivity index (χ3v) is 5.88. The highest BCUT2D eigenvalue weighted by Crippen LogP contribution is 2.23. The summed E-state index contributed by atoms with van der Waals surface area (Å²) in [4.78, 5) is 39.9. The lowest BCUT2D eigenvalue weighted by molar-refractivity contribution is -0.150. The smallest absolute Gasteiger partial charge is 0.308 e. The van der Waals surface area contributed by atoms with E-state index >= 15 is 0 Å². The Morgan fingerprint density at radius 2 is 1.80 bits per heavy atom. The minimum atomic E-state index is -0.956. The summed E-state index contributed by atoms with van der Waals surface area (Å²) in [6.45, 7) is 1.94. The number of amides is 2. The number of para-hydroxylation sites is 2. The van der Waals surface area contributed by atoms with Crippen LogP contribution in [0.2, 0.25) is 0 Å². The van der Waals surface area contributed by atoms with E-state index in [2.05, 4.69) is 5.32 Å². The Kier molecular flexibility index (Phi) is 8.56. The SMILES string of the molecule is O=C(CC1C(=O)NCCN1C(=O)c1ccccc1OCCOc1ccccc1)OCC1CCCO1. The number of nitrogens with one attached hydrogen (secondary N) is 1. The normalized spacial score (nSPS) is 19.7. The number of piperazine rings is 1. The van der Waals surface area contributed by atoms with Crippen molar-refractivity contribution in [1.82, 2.24) is 10.2 Å². The molecule has 2 unspecified atom stereocenters. The van der Waals surface area contributed by atoms with Crippen LogP contribution in [0.4, 0.5) is 0 Å². The standard InChI is InChI=1S/C26H30N2O7/c29-24(35-18-20-9-6-14-32-20)17-22-25(30)27-12-13-28(22)26(31)21-10-4-5-11-23(21)34-16-15-33-19-7-2-1-3-8-19/h1-5,7-8,10-11,20,22H,6,9,12-18H2,(H,27,30). The van der Waals surface area contributed by atoms with Gasteiger partial charge in [-0.25, -0.2) is 0 Å². The average Bonchev–Trinajstić information content (AvgIpc) is 3.41. The first-order chi connectivity index (χ1) is 17.1. The number of nitrogens with zero attached hydrogens (tertiary/aromatic N) is 1. The van der Waals surface area contributed by atoms with Gasteiger partial charge in [-0.15, -0.1) is 0 Å². The Morgan fingerprint density at radius 1 is 1.03 bits per heavy atom. The molecule has 2 atom stereocenters. The van der Waals surface area contributed by atoms with Gasteiger partial charge in [-0.3, -0.25) is 14.4 Å². The second kappa shape index (κ2) is 12.2. The molecular weight excluding hydrogens is 452 g/mol. The molecule has 2 amide bonds. The summed E-state index contributed by atoms with van der Waals surface area (Å²) in [6, 6.07) is 15.3. The van der Waals surface area contributed by atoms with E-state index in [1.165, 1.54) is 4.90 Å². The number of ether oxygens (including phenoxy) is 4. The second-order valence-corrected chi connectivity index (χ2v) is 8.33. The molecule has 0 saturated carbocycles. The predicted octanol–water partition coefficient (Wildman–Crippen LogP) is 2.20. The fourth-order valence-electron chi connectivity index (χ4n) is 4.09. The molecule has 186 valence electrons. The molecule has 0 radical (unpaired) electrons. The molecule has 2 aliphatic rings. The van der Waals surface area contributed by atoms with Crippen LogP contribution in [0.25, 0.3) is 0 Å². The van der Waals surface area contributed by atoms with Gasteiger partial charge in [-0.1, -0.05) is 30.3 Å². The molecule has 0 spiro atoms. The number of carbonyl (C=O) groups is 3. The van der Waals surface area contributed by atoms with Crippen LogP contribution < -0.4 is 14.8 Å². The highest BCUT2D eigenvalue weighted by atomic mass is 16.6. The van der Waals surface area contributed by atoms with Crippen LogP contribution >= 0.6 is 0 Å². The van der Waals surface area contributed by atoms with E-state index < -0.39 is 12.0 Å². The van der Waals surface area contributed by atoms with E-state index in [0.717, 1.165) is 18.6 Å². The number of rotatable bonds is 10. The van der Waals surface area contributed by atoms with Crippen LogP contribution in [0.15, 0.2) is 54.6 Å². The van der Waals surface area contributed by atoms with Gasteiger partial charge in [0.1, 0.15) is 37.4 Å². The Bertz CT molecular complexity index is 1010. The van der Waals surface area contributed by atoms with E-state index in [0.29, 0.717) is 31.1 Å². The Labute approximate surface area is 204 Å². The zero-order valence-electron chi connectivity index (χ0n) is 19.5. The van der Waals surface area contributed by atoms with Crippen molar-refractivity contribution in [2.45, 2.75) is 31.4 Å². The summed E-state index contributed by atoms with van der Waals surface area (Å²) in [5.41, 5.74) is 0.319. The number of hydrogen-bond acceptors (Lipinski definition) is 7. The number of benzene rings is 2. The highest BCUT2D eigenvalue weighted by Gasteiger charge is 2.36. The van der Waals surface area contributed by atoms with E-state index in [1.54, 1.807) is 24.3 Å². The monoisotopic (exact) mass is 482 g/mol.